The fourth-order valence-electron chi connectivity index (χ4n) is 3.78. The lowest BCUT2D eigenvalue weighted by molar-refractivity contribution is 0.249. The predicted molar refractivity (Wildman–Crippen MR) is 124 cm³/mol. The fourth-order valence-corrected chi connectivity index (χ4v) is 4.79. The van der Waals surface area contributed by atoms with Gasteiger partial charge in [-0.3, -0.25) is 4.90 Å². The van der Waals surface area contributed by atoms with Gasteiger partial charge in [0.2, 0.25) is 0 Å². The molecule has 0 aliphatic carbocycles. The molecule has 0 saturated carbocycles. The van der Waals surface area contributed by atoms with E-state index in [1.807, 2.05) is 30.3 Å². The molecule has 1 fully saturated rings. The molecule has 4 nitrogen and oxygen atoms in total. The average molecular weight is 416 g/mol. The molecule has 1 saturated heterocycles. The summed E-state index contributed by atoms with van der Waals surface area (Å²) in [4.78, 5) is 9.76. The van der Waals surface area contributed by atoms with Crippen LogP contribution in [0.3, 0.4) is 0 Å². The molecule has 30 heavy (non-hydrogen) atoms. The Hall–Kier alpha value is -2.89. The van der Waals surface area contributed by atoms with Crippen molar-refractivity contribution < 1.29 is 4.74 Å². The van der Waals surface area contributed by atoms with E-state index in [0.717, 1.165) is 49.1 Å². The molecule has 1 aliphatic rings. The number of thiazole rings is 1. The topological polar surface area (TPSA) is 28.6 Å². The van der Waals surface area contributed by atoms with E-state index < -0.39 is 0 Å². The van der Waals surface area contributed by atoms with Crippen LogP contribution in [0, 0.1) is 0 Å². The Balaban J connectivity index is 1.12. The minimum Gasteiger partial charge on any atom is -0.489 e. The summed E-state index contributed by atoms with van der Waals surface area (Å²) in [7, 11) is 0. The first kappa shape index (κ1) is 19.1. The molecule has 4 aromatic rings. The van der Waals surface area contributed by atoms with Gasteiger partial charge in [0, 0.05) is 32.7 Å². The molecule has 0 atom stereocenters. The Morgan fingerprint density at radius 2 is 1.47 bits per heavy atom. The number of benzene rings is 3. The van der Waals surface area contributed by atoms with Crippen LogP contribution in [0.4, 0.5) is 5.13 Å². The minimum atomic E-state index is 0.602. The van der Waals surface area contributed by atoms with Gasteiger partial charge in [-0.2, -0.15) is 0 Å². The van der Waals surface area contributed by atoms with Gasteiger partial charge in [-0.1, -0.05) is 65.9 Å². The quantitative estimate of drug-likeness (QED) is 0.433. The van der Waals surface area contributed by atoms with Crippen LogP contribution in [0.5, 0.6) is 5.75 Å². The summed E-state index contributed by atoms with van der Waals surface area (Å²) in [5, 5.41) is 1.15. The molecule has 0 spiro atoms. The largest absolute Gasteiger partial charge is 0.489 e. The maximum atomic E-state index is 5.84. The van der Waals surface area contributed by atoms with Crippen LogP contribution in [0.1, 0.15) is 11.1 Å². The van der Waals surface area contributed by atoms with E-state index in [2.05, 4.69) is 58.3 Å². The zero-order chi connectivity index (χ0) is 20.2. The Labute approximate surface area is 181 Å². The van der Waals surface area contributed by atoms with Gasteiger partial charge in [-0.25, -0.2) is 4.98 Å². The molecular formula is C25H25N3OS. The summed E-state index contributed by atoms with van der Waals surface area (Å²) in [6, 6.07) is 27.2. The van der Waals surface area contributed by atoms with Gasteiger partial charge in [0.05, 0.1) is 10.2 Å². The summed E-state index contributed by atoms with van der Waals surface area (Å²) in [6.07, 6.45) is 0. The van der Waals surface area contributed by atoms with Crippen molar-refractivity contribution in [1.82, 2.24) is 9.88 Å². The molecular weight excluding hydrogens is 390 g/mol. The van der Waals surface area contributed by atoms with E-state index in [1.165, 1.54) is 15.8 Å². The van der Waals surface area contributed by atoms with E-state index >= 15 is 0 Å². The number of fused-ring (bicyclic) bond motifs is 1. The Morgan fingerprint density at radius 3 is 2.23 bits per heavy atom. The molecule has 0 radical (unpaired) electrons. The molecule has 0 unspecified atom stereocenters. The van der Waals surface area contributed by atoms with Crippen molar-refractivity contribution in [2.45, 2.75) is 13.2 Å². The summed E-state index contributed by atoms with van der Waals surface area (Å²) in [6.45, 7) is 5.79. The molecule has 0 N–H and O–H groups in total. The van der Waals surface area contributed by atoms with Crippen LogP contribution in [0.25, 0.3) is 10.2 Å². The third-order valence-electron chi connectivity index (χ3n) is 5.50. The number of ether oxygens (including phenoxy) is 1. The molecule has 3 aromatic carbocycles. The second-order valence-corrected chi connectivity index (χ2v) is 8.65. The number of para-hydroxylation sites is 2. The van der Waals surface area contributed by atoms with Crippen LogP contribution >= 0.6 is 11.3 Å². The van der Waals surface area contributed by atoms with E-state index in [-0.39, 0.29) is 0 Å². The van der Waals surface area contributed by atoms with E-state index in [4.69, 9.17) is 9.72 Å². The second-order valence-electron chi connectivity index (χ2n) is 7.65. The maximum absolute atomic E-state index is 5.84. The zero-order valence-electron chi connectivity index (χ0n) is 16.9. The predicted octanol–water partition coefficient (Wildman–Crippen LogP) is 5.20. The van der Waals surface area contributed by atoms with E-state index in [0.29, 0.717) is 6.61 Å². The second kappa shape index (κ2) is 8.86. The summed E-state index contributed by atoms with van der Waals surface area (Å²) < 4.78 is 7.11. The molecule has 5 rings (SSSR count). The Kier molecular flexibility index (Phi) is 5.64. The lowest BCUT2D eigenvalue weighted by atomic mass is 10.1. The first-order valence-electron chi connectivity index (χ1n) is 10.4. The minimum absolute atomic E-state index is 0.602. The maximum Gasteiger partial charge on any atom is 0.186 e. The molecule has 1 aromatic heterocycles. The van der Waals surface area contributed by atoms with Crippen molar-refractivity contribution in [2.75, 3.05) is 31.1 Å². The highest BCUT2D eigenvalue weighted by Gasteiger charge is 2.19. The van der Waals surface area contributed by atoms with Crippen molar-refractivity contribution in [2.24, 2.45) is 0 Å². The van der Waals surface area contributed by atoms with Crippen molar-refractivity contribution >= 4 is 26.7 Å². The summed E-state index contributed by atoms with van der Waals surface area (Å²) in [5.74, 6) is 0.910. The highest BCUT2D eigenvalue weighted by atomic mass is 32.1. The molecule has 0 bridgehead atoms. The van der Waals surface area contributed by atoms with Gasteiger partial charge in [-0.15, -0.1) is 0 Å². The van der Waals surface area contributed by atoms with E-state index in [9.17, 15) is 0 Å². The van der Waals surface area contributed by atoms with Gasteiger partial charge in [-0.05, 0) is 35.4 Å². The third kappa shape index (κ3) is 4.48. The first-order chi connectivity index (χ1) is 14.8. The van der Waals surface area contributed by atoms with Gasteiger partial charge in [0.1, 0.15) is 12.4 Å². The van der Waals surface area contributed by atoms with Crippen LogP contribution in [0.15, 0.2) is 78.9 Å². The number of nitrogens with zero attached hydrogens (tertiary/aromatic N) is 3. The van der Waals surface area contributed by atoms with Crippen molar-refractivity contribution in [3.8, 4) is 5.75 Å². The van der Waals surface area contributed by atoms with Crippen LogP contribution in [0.2, 0.25) is 0 Å². The number of hydrogen-bond acceptors (Lipinski definition) is 5. The standard InChI is InChI=1S/C25H25N3OS/c1-2-6-22(7-3-1)29-19-21-12-10-20(11-13-21)18-27-14-16-28(17-15-27)25-26-23-8-4-5-9-24(23)30-25/h1-13H,14-19H2. The zero-order valence-corrected chi connectivity index (χ0v) is 17.7. The molecule has 2 heterocycles. The molecule has 152 valence electrons. The molecule has 0 amide bonds. The third-order valence-corrected chi connectivity index (χ3v) is 6.60. The highest BCUT2D eigenvalue weighted by Crippen LogP contribution is 2.29. The number of aromatic nitrogens is 1. The van der Waals surface area contributed by atoms with Crippen molar-refractivity contribution in [3.05, 3.63) is 90.0 Å². The van der Waals surface area contributed by atoms with Crippen molar-refractivity contribution in [1.29, 1.82) is 0 Å². The Bertz CT molecular complexity index is 1050. The molecule has 1 aliphatic heterocycles. The van der Waals surface area contributed by atoms with Crippen LogP contribution in [-0.4, -0.2) is 36.1 Å². The monoisotopic (exact) mass is 415 g/mol. The first-order valence-corrected chi connectivity index (χ1v) is 11.2. The SMILES string of the molecule is c1ccc(OCc2ccc(CN3CCN(c4nc5ccccc5s4)CC3)cc2)cc1. The number of rotatable bonds is 6. The average Bonchev–Trinajstić information content (AvgIpc) is 3.24. The highest BCUT2D eigenvalue weighted by molar-refractivity contribution is 7.22. The fraction of sp³-hybridized carbons (Fsp3) is 0.240. The normalized spacial score (nSPS) is 14.9. The van der Waals surface area contributed by atoms with Crippen LogP contribution < -0.4 is 9.64 Å². The lowest BCUT2D eigenvalue weighted by Crippen LogP contribution is -2.45. The number of piperazine rings is 1. The lowest BCUT2D eigenvalue weighted by Gasteiger charge is -2.34. The van der Waals surface area contributed by atoms with Gasteiger partial charge >= 0.3 is 0 Å². The number of hydrogen-bond donors (Lipinski definition) is 0. The van der Waals surface area contributed by atoms with Crippen LogP contribution in [-0.2, 0) is 13.2 Å². The van der Waals surface area contributed by atoms with E-state index in [1.54, 1.807) is 11.3 Å². The summed E-state index contributed by atoms with van der Waals surface area (Å²) in [5.41, 5.74) is 3.66. The number of anilines is 1. The Morgan fingerprint density at radius 1 is 0.767 bits per heavy atom. The van der Waals surface area contributed by atoms with Gasteiger partial charge < -0.3 is 9.64 Å². The summed E-state index contributed by atoms with van der Waals surface area (Å²) >= 11 is 1.80. The van der Waals surface area contributed by atoms with Crippen molar-refractivity contribution in [3.63, 3.8) is 0 Å². The van der Waals surface area contributed by atoms with Gasteiger partial charge in [0.25, 0.3) is 0 Å². The molecule has 5 heteroatoms. The van der Waals surface area contributed by atoms with Gasteiger partial charge in [0.15, 0.2) is 5.13 Å². The smallest absolute Gasteiger partial charge is 0.186 e.